The molecule has 0 spiro atoms. The predicted octanol–water partition coefficient (Wildman–Crippen LogP) is 5.79. The lowest BCUT2D eigenvalue weighted by Crippen LogP contribution is -2.54. The molecule has 0 radical (unpaired) electrons. The number of carboxylic acids is 3. The number of carboxylic acid groups (broad SMARTS) is 3. The maximum atomic E-state index is 11.8. The van der Waals surface area contributed by atoms with E-state index in [0.29, 0.717) is 19.3 Å². The monoisotopic (exact) mass is 470 g/mol. The van der Waals surface area contributed by atoms with Crippen molar-refractivity contribution in [2.45, 2.75) is 98.3 Å². The summed E-state index contributed by atoms with van der Waals surface area (Å²) in [6.07, 6.45) is 14.3. The molecule has 0 aromatic heterocycles. The van der Waals surface area contributed by atoms with Crippen LogP contribution in [0.15, 0.2) is 12.3 Å². The van der Waals surface area contributed by atoms with Crippen molar-refractivity contribution >= 4 is 17.9 Å². The fourth-order valence-corrected chi connectivity index (χ4v) is 4.39. The Kier molecular flexibility index (Phi) is 16.6. The quantitative estimate of drug-likeness (QED) is 0.145. The van der Waals surface area contributed by atoms with Crippen LogP contribution in [-0.4, -0.2) is 57.3 Å². The van der Waals surface area contributed by atoms with Gasteiger partial charge < -0.3 is 15.3 Å². The Morgan fingerprint density at radius 3 is 1.33 bits per heavy atom. The molecule has 3 unspecified atom stereocenters. The summed E-state index contributed by atoms with van der Waals surface area (Å²) in [6.45, 7) is 8.21. The number of hydrogen-bond donors (Lipinski definition) is 3. The van der Waals surface area contributed by atoms with Gasteiger partial charge in [-0.3, -0.25) is 18.9 Å². The van der Waals surface area contributed by atoms with Crippen molar-refractivity contribution < 1.29 is 34.2 Å². The number of aliphatic carboxylic acids is 3. The number of rotatable bonds is 21. The Morgan fingerprint density at radius 1 is 0.636 bits per heavy atom. The van der Waals surface area contributed by atoms with Crippen LogP contribution in [0, 0.1) is 17.8 Å². The third-order valence-corrected chi connectivity index (χ3v) is 6.67. The summed E-state index contributed by atoms with van der Waals surface area (Å²) < 4.78 is 0.0803. The molecule has 192 valence electrons. The summed E-state index contributed by atoms with van der Waals surface area (Å²) in [4.78, 5) is 35.5. The maximum absolute atomic E-state index is 11.8. The highest BCUT2D eigenvalue weighted by Crippen LogP contribution is 2.25. The lowest BCUT2D eigenvalue weighted by Gasteiger charge is -2.40. The van der Waals surface area contributed by atoms with Gasteiger partial charge in [-0.1, -0.05) is 66.2 Å². The van der Waals surface area contributed by atoms with Gasteiger partial charge in [0.2, 0.25) is 0 Å². The van der Waals surface area contributed by atoms with Crippen molar-refractivity contribution in [1.29, 1.82) is 0 Å². The van der Waals surface area contributed by atoms with Gasteiger partial charge in [0.05, 0.1) is 25.8 Å². The van der Waals surface area contributed by atoms with Crippen molar-refractivity contribution in [3.8, 4) is 0 Å². The van der Waals surface area contributed by atoms with E-state index < -0.39 is 35.7 Å². The summed E-state index contributed by atoms with van der Waals surface area (Å²) in [5, 5.41) is 29.1. The van der Waals surface area contributed by atoms with Crippen LogP contribution in [0.25, 0.3) is 0 Å². The molecule has 0 aromatic rings. The first-order chi connectivity index (χ1) is 15.7. The molecule has 0 aromatic carbocycles. The minimum atomic E-state index is -0.924. The summed E-state index contributed by atoms with van der Waals surface area (Å²) in [5.41, 5.74) is 0. The van der Waals surface area contributed by atoms with E-state index in [1.165, 1.54) is 32.1 Å². The predicted molar refractivity (Wildman–Crippen MR) is 131 cm³/mol. The Balaban J connectivity index is 5.70. The van der Waals surface area contributed by atoms with Gasteiger partial charge in [-0.25, -0.2) is 0 Å². The zero-order chi connectivity index (χ0) is 25.3. The highest BCUT2D eigenvalue weighted by Gasteiger charge is 2.39. The second-order valence-electron chi connectivity index (χ2n) is 9.39. The molecule has 0 heterocycles. The fourth-order valence-electron chi connectivity index (χ4n) is 4.39. The van der Waals surface area contributed by atoms with Gasteiger partial charge in [0, 0.05) is 0 Å². The van der Waals surface area contributed by atoms with Crippen molar-refractivity contribution in [2.75, 3.05) is 19.6 Å². The number of hydrogen-bond acceptors (Lipinski definition) is 3. The highest BCUT2D eigenvalue weighted by molar-refractivity contribution is 5.71. The molecular weight excluding hydrogens is 422 g/mol. The van der Waals surface area contributed by atoms with E-state index in [9.17, 15) is 29.7 Å². The molecule has 0 saturated heterocycles. The molecule has 0 fully saturated rings. The van der Waals surface area contributed by atoms with Crippen LogP contribution in [0.3, 0.4) is 0 Å². The van der Waals surface area contributed by atoms with E-state index in [1.807, 2.05) is 12.3 Å². The second-order valence-corrected chi connectivity index (χ2v) is 9.39. The molecule has 0 aliphatic heterocycles. The SMILES string of the molecule is CCCCCCCCC/C=C/[N+](CC(CC)C(=O)O)(CC(CC)C(=O)O)CC(CC)C(=O)O. The van der Waals surface area contributed by atoms with Gasteiger partial charge in [-0.05, 0) is 38.2 Å². The Labute approximate surface area is 200 Å². The van der Waals surface area contributed by atoms with Crippen LogP contribution in [0.1, 0.15) is 98.3 Å². The molecule has 7 nitrogen and oxygen atoms in total. The normalized spacial score (nSPS) is 16.2. The number of quaternary nitrogens is 1. The van der Waals surface area contributed by atoms with E-state index in [1.54, 1.807) is 20.8 Å². The first-order valence-electron chi connectivity index (χ1n) is 12.9. The van der Waals surface area contributed by atoms with Crippen molar-refractivity contribution in [3.05, 3.63) is 12.3 Å². The van der Waals surface area contributed by atoms with Gasteiger partial charge in [-0.15, -0.1) is 0 Å². The van der Waals surface area contributed by atoms with Gasteiger partial charge >= 0.3 is 17.9 Å². The third kappa shape index (κ3) is 12.8. The zero-order valence-corrected chi connectivity index (χ0v) is 21.3. The molecule has 33 heavy (non-hydrogen) atoms. The summed E-state index contributed by atoms with van der Waals surface area (Å²) in [5.74, 6) is -4.76. The van der Waals surface area contributed by atoms with Crippen LogP contribution in [0.4, 0.5) is 0 Å². The largest absolute Gasteiger partial charge is 0.481 e. The minimum absolute atomic E-state index is 0.0803. The average molecular weight is 471 g/mol. The zero-order valence-electron chi connectivity index (χ0n) is 21.3. The molecule has 7 heteroatoms. The molecule has 0 saturated carbocycles. The van der Waals surface area contributed by atoms with Gasteiger partial charge in [0.25, 0.3) is 0 Å². The van der Waals surface area contributed by atoms with Gasteiger partial charge in [-0.2, -0.15) is 0 Å². The third-order valence-electron chi connectivity index (χ3n) is 6.67. The van der Waals surface area contributed by atoms with E-state index >= 15 is 0 Å². The maximum Gasteiger partial charge on any atom is 0.312 e. The molecule has 0 rings (SSSR count). The lowest BCUT2D eigenvalue weighted by molar-refractivity contribution is -0.887. The fraction of sp³-hybridized carbons (Fsp3) is 0.808. The van der Waals surface area contributed by atoms with E-state index in [4.69, 9.17) is 0 Å². The summed E-state index contributed by atoms with van der Waals surface area (Å²) >= 11 is 0. The molecule has 0 aliphatic rings. The van der Waals surface area contributed by atoms with Crippen LogP contribution in [0.5, 0.6) is 0 Å². The van der Waals surface area contributed by atoms with Crippen molar-refractivity contribution in [3.63, 3.8) is 0 Å². The van der Waals surface area contributed by atoms with E-state index in [0.717, 1.165) is 19.3 Å². The minimum Gasteiger partial charge on any atom is -0.481 e. The lowest BCUT2D eigenvalue weighted by atomic mass is 9.96. The number of unbranched alkanes of at least 4 members (excludes halogenated alkanes) is 7. The average Bonchev–Trinajstić information content (AvgIpc) is 2.77. The molecule has 3 atom stereocenters. The van der Waals surface area contributed by atoms with Crippen molar-refractivity contribution in [2.24, 2.45) is 17.8 Å². The molecular formula is C26H48NO6+. The Bertz CT molecular complexity index is 544. The Morgan fingerprint density at radius 2 is 1.00 bits per heavy atom. The van der Waals surface area contributed by atoms with Gasteiger partial charge in [0.1, 0.15) is 17.8 Å². The van der Waals surface area contributed by atoms with Crippen molar-refractivity contribution in [1.82, 2.24) is 0 Å². The summed E-state index contributed by atoms with van der Waals surface area (Å²) in [7, 11) is 0. The van der Waals surface area contributed by atoms with Crippen LogP contribution in [0.2, 0.25) is 0 Å². The van der Waals surface area contributed by atoms with Crippen LogP contribution >= 0.6 is 0 Å². The van der Waals surface area contributed by atoms with Gasteiger partial charge in [0.15, 0.2) is 0 Å². The second kappa shape index (κ2) is 17.6. The topological polar surface area (TPSA) is 112 Å². The van der Waals surface area contributed by atoms with E-state index in [2.05, 4.69) is 6.92 Å². The first kappa shape index (κ1) is 31.1. The standard InChI is InChI=1S/C26H47NO6/c1-5-9-10-11-12-13-14-15-16-17-27(18-21(6-2)24(28)29,19-22(7-3)25(30)31)20-23(8-4)26(32)33/h16-17,21-23H,5-15,18-20H2,1-4H3,(H2-,28,29,30,31,32,33)/p+1/b17-16+. The van der Waals surface area contributed by atoms with E-state index in [-0.39, 0.29) is 24.1 Å². The number of nitrogens with zero attached hydrogens (tertiary/aromatic N) is 1. The number of allylic oxidation sites excluding steroid dienone is 1. The molecule has 0 amide bonds. The molecule has 0 bridgehead atoms. The molecule has 3 N–H and O–H groups in total. The Hall–Kier alpha value is -1.89. The van der Waals surface area contributed by atoms with Crippen LogP contribution in [-0.2, 0) is 14.4 Å². The molecule has 0 aliphatic carbocycles. The first-order valence-corrected chi connectivity index (χ1v) is 12.9. The smallest absolute Gasteiger partial charge is 0.312 e. The van der Waals surface area contributed by atoms with Crippen LogP contribution < -0.4 is 0 Å². The summed E-state index contributed by atoms with van der Waals surface area (Å²) in [6, 6.07) is 0. The number of carbonyl (C=O) groups is 3. The highest BCUT2D eigenvalue weighted by atomic mass is 16.4.